The highest BCUT2D eigenvalue weighted by Gasteiger charge is 2.17. The second-order valence-electron chi connectivity index (χ2n) is 6.22. The molecular formula is C15H23N3O4. The fourth-order valence-electron chi connectivity index (χ4n) is 1.88. The number of nitrogens with two attached hydrogens (primary N) is 1. The summed E-state index contributed by atoms with van der Waals surface area (Å²) in [4.78, 5) is 22.0. The molecule has 0 bridgehead atoms. The Morgan fingerprint density at radius 1 is 1.45 bits per heavy atom. The largest absolute Gasteiger partial charge is 0.444 e. The predicted molar refractivity (Wildman–Crippen MR) is 83.7 cm³/mol. The molecule has 0 saturated heterocycles. The number of benzene rings is 1. The zero-order chi connectivity index (χ0) is 16.9. The van der Waals surface area contributed by atoms with Gasteiger partial charge in [0.2, 0.25) is 0 Å². The van der Waals surface area contributed by atoms with Gasteiger partial charge in [-0.15, -0.1) is 0 Å². The summed E-state index contributed by atoms with van der Waals surface area (Å²) < 4.78 is 5.11. The van der Waals surface area contributed by atoms with Crippen molar-refractivity contribution in [2.45, 2.75) is 45.8 Å². The Bertz CT molecular complexity index is 552. The molecule has 7 heteroatoms. The second-order valence-corrected chi connectivity index (χ2v) is 6.22. The highest BCUT2D eigenvalue weighted by Crippen LogP contribution is 2.19. The average Bonchev–Trinajstić information content (AvgIpc) is 2.36. The van der Waals surface area contributed by atoms with Crippen molar-refractivity contribution < 1.29 is 14.5 Å². The number of amides is 1. The van der Waals surface area contributed by atoms with Crippen molar-refractivity contribution >= 4 is 11.8 Å². The molecule has 3 N–H and O–H groups in total. The summed E-state index contributed by atoms with van der Waals surface area (Å²) in [5.74, 6) is 0. The SMILES string of the molecule is Cc1ccc(CC(N)CNC(=O)OC(C)(C)C)cc1[N+](=O)[O-]. The maximum Gasteiger partial charge on any atom is 0.407 e. The van der Waals surface area contributed by atoms with E-state index in [1.54, 1.807) is 39.8 Å². The van der Waals surface area contributed by atoms with E-state index in [1.807, 2.05) is 0 Å². The smallest absolute Gasteiger partial charge is 0.407 e. The molecule has 0 spiro atoms. The molecule has 1 unspecified atom stereocenters. The summed E-state index contributed by atoms with van der Waals surface area (Å²) in [6, 6.07) is 4.66. The van der Waals surface area contributed by atoms with Crippen LogP contribution in [0, 0.1) is 17.0 Å². The van der Waals surface area contributed by atoms with E-state index in [9.17, 15) is 14.9 Å². The second kappa shape index (κ2) is 7.22. The molecule has 1 rings (SSSR count). The minimum Gasteiger partial charge on any atom is -0.444 e. The predicted octanol–water partition coefficient (Wildman–Crippen LogP) is 2.30. The molecule has 1 aromatic rings. The van der Waals surface area contributed by atoms with Gasteiger partial charge in [-0.1, -0.05) is 12.1 Å². The number of carbonyl (C=O) groups excluding carboxylic acids is 1. The molecule has 1 amide bonds. The average molecular weight is 309 g/mol. The van der Waals surface area contributed by atoms with Gasteiger partial charge >= 0.3 is 6.09 Å². The molecule has 1 aromatic carbocycles. The molecule has 22 heavy (non-hydrogen) atoms. The van der Waals surface area contributed by atoms with Crippen LogP contribution in [0.4, 0.5) is 10.5 Å². The number of hydrogen-bond donors (Lipinski definition) is 2. The fraction of sp³-hybridized carbons (Fsp3) is 0.533. The molecule has 1 atom stereocenters. The Hall–Kier alpha value is -2.15. The van der Waals surface area contributed by atoms with Crippen molar-refractivity contribution in [1.82, 2.24) is 5.32 Å². The molecule has 0 aliphatic carbocycles. The van der Waals surface area contributed by atoms with E-state index in [0.717, 1.165) is 5.56 Å². The van der Waals surface area contributed by atoms with E-state index >= 15 is 0 Å². The van der Waals surface area contributed by atoms with Gasteiger partial charge < -0.3 is 15.8 Å². The van der Waals surface area contributed by atoms with Crippen LogP contribution in [-0.4, -0.2) is 29.2 Å². The molecule has 0 aliphatic heterocycles. The number of nitrogens with one attached hydrogen (secondary N) is 1. The lowest BCUT2D eigenvalue weighted by Crippen LogP contribution is -2.41. The Morgan fingerprint density at radius 2 is 2.09 bits per heavy atom. The summed E-state index contributed by atoms with van der Waals surface area (Å²) >= 11 is 0. The summed E-state index contributed by atoms with van der Waals surface area (Å²) in [5, 5.41) is 13.5. The molecule has 0 fully saturated rings. The quantitative estimate of drug-likeness (QED) is 0.641. The third-order valence-electron chi connectivity index (χ3n) is 2.88. The minimum atomic E-state index is -0.564. The lowest BCUT2D eigenvalue weighted by molar-refractivity contribution is -0.385. The minimum absolute atomic E-state index is 0.0739. The number of carbonyl (C=O) groups is 1. The Labute approximate surface area is 130 Å². The summed E-state index contributed by atoms with van der Waals surface area (Å²) in [7, 11) is 0. The van der Waals surface area contributed by atoms with E-state index in [4.69, 9.17) is 10.5 Å². The number of hydrogen-bond acceptors (Lipinski definition) is 5. The van der Waals surface area contributed by atoms with Gasteiger partial charge in [-0.2, -0.15) is 0 Å². The number of aryl methyl sites for hydroxylation is 1. The Kier molecular flexibility index (Phi) is 5.87. The zero-order valence-electron chi connectivity index (χ0n) is 13.4. The monoisotopic (exact) mass is 309 g/mol. The maximum absolute atomic E-state index is 11.5. The Balaban J connectivity index is 2.55. The van der Waals surface area contributed by atoms with Gasteiger partial charge in [-0.05, 0) is 39.7 Å². The van der Waals surface area contributed by atoms with E-state index in [1.165, 1.54) is 6.07 Å². The normalized spacial score (nSPS) is 12.6. The highest BCUT2D eigenvalue weighted by molar-refractivity contribution is 5.67. The molecule has 7 nitrogen and oxygen atoms in total. The van der Waals surface area contributed by atoms with E-state index < -0.39 is 16.6 Å². The van der Waals surface area contributed by atoms with Crippen molar-refractivity contribution in [3.8, 4) is 0 Å². The highest BCUT2D eigenvalue weighted by atomic mass is 16.6. The van der Waals surface area contributed by atoms with Crippen molar-refractivity contribution in [2.24, 2.45) is 5.73 Å². The van der Waals surface area contributed by atoms with E-state index in [0.29, 0.717) is 12.0 Å². The molecule has 0 saturated carbocycles. The third-order valence-corrected chi connectivity index (χ3v) is 2.88. The van der Waals surface area contributed by atoms with Gasteiger partial charge in [0.05, 0.1) is 4.92 Å². The molecule has 0 aliphatic rings. The van der Waals surface area contributed by atoms with Crippen LogP contribution < -0.4 is 11.1 Å². The topological polar surface area (TPSA) is 107 Å². The zero-order valence-corrected chi connectivity index (χ0v) is 13.4. The summed E-state index contributed by atoms with van der Waals surface area (Å²) in [6.07, 6.45) is -0.102. The van der Waals surface area contributed by atoms with Crippen molar-refractivity contribution in [3.63, 3.8) is 0 Å². The summed E-state index contributed by atoms with van der Waals surface area (Å²) in [5.41, 5.74) is 6.82. The third kappa shape index (κ3) is 6.09. The van der Waals surface area contributed by atoms with Gasteiger partial charge in [0.25, 0.3) is 5.69 Å². The maximum atomic E-state index is 11.5. The first-order chi connectivity index (χ1) is 10.1. The first-order valence-corrected chi connectivity index (χ1v) is 7.05. The van der Waals surface area contributed by atoms with Gasteiger partial charge in [0, 0.05) is 24.2 Å². The van der Waals surface area contributed by atoms with Crippen molar-refractivity contribution in [2.75, 3.05) is 6.54 Å². The van der Waals surface area contributed by atoms with E-state index in [2.05, 4.69) is 5.32 Å². The van der Waals surface area contributed by atoms with Crippen LogP contribution >= 0.6 is 0 Å². The standard InChI is InChI=1S/C15H23N3O4/c1-10-5-6-11(8-13(10)18(20)21)7-12(16)9-17-14(19)22-15(2,3)4/h5-6,8,12H,7,9,16H2,1-4H3,(H,17,19). The van der Waals surface area contributed by atoms with Crippen LogP contribution in [0.5, 0.6) is 0 Å². The van der Waals surface area contributed by atoms with Crippen LogP contribution in [0.25, 0.3) is 0 Å². The Morgan fingerprint density at radius 3 is 2.64 bits per heavy atom. The number of ether oxygens (including phenoxy) is 1. The van der Waals surface area contributed by atoms with Gasteiger partial charge in [-0.25, -0.2) is 4.79 Å². The van der Waals surface area contributed by atoms with Gasteiger partial charge in [-0.3, -0.25) is 10.1 Å². The van der Waals surface area contributed by atoms with Crippen molar-refractivity contribution in [1.29, 1.82) is 0 Å². The van der Waals surface area contributed by atoms with Crippen LogP contribution in [-0.2, 0) is 11.2 Å². The summed E-state index contributed by atoms with van der Waals surface area (Å²) in [6.45, 7) is 7.25. The number of alkyl carbamates (subject to hydrolysis) is 1. The van der Waals surface area contributed by atoms with Gasteiger partial charge in [0.15, 0.2) is 0 Å². The molecule has 0 heterocycles. The van der Waals surface area contributed by atoms with Crippen LogP contribution in [0.15, 0.2) is 18.2 Å². The van der Waals surface area contributed by atoms with E-state index in [-0.39, 0.29) is 18.3 Å². The van der Waals surface area contributed by atoms with Crippen LogP contribution in [0.2, 0.25) is 0 Å². The molecule has 122 valence electrons. The van der Waals surface area contributed by atoms with Crippen molar-refractivity contribution in [3.05, 3.63) is 39.4 Å². The van der Waals surface area contributed by atoms with Crippen LogP contribution in [0.1, 0.15) is 31.9 Å². The fourth-order valence-corrected chi connectivity index (χ4v) is 1.88. The first-order valence-electron chi connectivity index (χ1n) is 7.05. The number of rotatable bonds is 5. The number of nitro groups is 1. The van der Waals surface area contributed by atoms with Gasteiger partial charge in [0.1, 0.15) is 5.60 Å². The number of nitrogens with zero attached hydrogens (tertiary/aromatic N) is 1. The molecule has 0 radical (unpaired) electrons. The lowest BCUT2D eigenvalue weighted by Gasteiger charge is -2.20. The molecule has 0 aromatic heterocycles. The first kappa shape index (κ1) is 17.9. The number of nitro benzene ring substituents is 1. The van der Waals surface area contributed by atoms with Crippen LogP contribution in [0.3, 0.4) is 0 Å². The lowest BCUT2D eigenvalue weighted by atomic mass is 10.0. The molecular weight excluding hydrogens is 286 g/mol.